The lowest BCUT2D eigenvalue weighted by Gasteiger charge is -2.35. The first-order chi connectivity index (χ1) is 8.72. The molecule has 0 aliphatic carbocycles. The van der Waals surface area contributed by atoms with E-state index in [9.17, 15) is 4.39 Å². The molecule has 1 aliphatic rings. The normalized spacial score (nSPS) is 16.9. The van der Waals surface area contributed by atoms with E-state index in [0.29, 0.717) is 5.02 Å². The van der Waals surface area contributed by atoms with Gasteiger partial charge in [0.25, 0.3) is 0 Å². The van der Waals surface area contributed by atoms with E-state index < -0.39 is 0 Å². The molecule has 0 amide bonds. The highest BCUT2D eigenvalue weighted by Gasteiger charge is 2.23. The number of halogens is 4. The first-order valence-electron chi connectivity index (χ1n) is 6.62. The van der Waals surface area contributed by atoms with Crippen LogP contribution in [0.15, 0.2) is 18.2 Å². The van der Waals surface area contributed by atoms with E-state index in [2.05, 4.69) is 17.1 Å². The van der Waals surface area contributed by atoms with Crippen LogP contribution in [0.5, 0.6) is 0 Å². The number of benzene rings is 1. The zero-order chi connectivity index (χ0) is 13.0. The number of rotatable bonds is 4. The van der Waals surface area contributed by atoms with Gasteiger partial charge in [-0.2, -0.15) is 0 Å². The third-order valence-electron chi connectivity index (χ3n) is 3.47. The summed E-state index contributed by atoms with van der Waals surface area (Å²) in [5, 5.41) is 3.94. The van der Waals surface area contributed by atoms with Crippen molar-refractivity contribution >= 4 is 36.4 Å². The Morgan fingerprint density at radius 1 is 1.30 bits per heavy atom. The van der Waals surface area contributed by atoms with Gasteiger partial charge in [-0.1, -0.05) is 24.9 Å². The van der Waals surface area contributed by atoms with Gasteiger partial charge in [0.1, 0.15) is 5.82 Å². The quantitative estimate of drug-likeness (QED) is 0.886. The molecule has 1 aliphatic heterocycles. The largest absolute Gasteiger partial charge is 0.314 e. The SMILES string of the molecule is CCC[C@@H](c1cc(Cl)ccc1F)N1CCNCC1.Cl.Cl. The van der Waals surface area contributed by atoms with Crippen LogP contribution >= 0.6 is 36.4 Å². The van der Waals surface area contributed by atoms with Crippen LogP contribution in [0.3, 0.4) is 0 Å². The first kappa shape index (κ1) is 19.9. The topological polar surface area (TPSA) is 15.3 Å². The van der Waals surface area contributed by atoms with Gasteiger partial charge in [-0.15, -0.1) is 24.8 Å². The average molecular weight is 344 g/mol. The van der Waals surface area contributed by atoms with Crippen LogP contribution in [0.2, 0.25) is 5.02 Å². The van der Waals surface area contributed by atoms with Crippen molar-refractivity contribution in [3.05, 3.63) is 34.6 Å². The van der Waals surface area contributed by atoms with Crippen LogP contribution in [0, 0.1) is 5.82 Å². The van der Waals surface area contributed by atoms with Crippen LogP contribution in [-0.4, -0.2) is 31.1 Å². The number of hydrogen-bond donors (Lipinski definition) is 1. The zero-order valence-corrected chi connectivity index (χ0v) is 14.0. The van der Waals surface area contributed by atoms with E-state index in [0.717, 1.165) is 44.6 Å². The second-order valence-corrected chi connectivity index (χ2v) is 5.19. The summed E-state index contributed by atoms with van der Waals surface area (Å²) in [5.74, 6) is -0.142. The van der Waals surface area contributed by atoms with E-state index in [4.69, 9.17) is 11.6 Å². The fraction of sp³-hybridized carbons (Fsp3) is 0.571. The highest BCUT2D eigenvalue weighted by Crippen LogP contribution is 2.30. The monoisotopic (exact) mass is 342 g/mol. The van der Waals surface area contributed by atoms with Crippen molar-refractivity contribution in [1.82, 2.24) is 10.2 Å². The van der Waals surface area contributed by atoms with E-state index >= 15 is 0 Å². The first-order valence-corrected chi connectivity index (χ1v) is 7.00. The van der Waals surface area contributed by atoms with Crippen LogP contribution < -0.4 is 5.32 Å². The van der Waals surface area contributed by atoms with Gasteiger partial charge >= 0.3 is 0 Å². The van der Waals surface area contributed by atoms with Gasteiger partial charge in [0.2, 0.25) is 0 Å². The van der Waals surface area contributed by atoms with Crippen molar-refractivity contribution in [2.75, 3.05) is 26.2 Å². The van der Waals surface area contributed by atoms with Crippen LogP contribution in [-0.2, 0) is 0 Å². The maximum atomic E-state index is 14.0. The summed E-state index contributed by atoms with van der Waals surface area (Å²) in [5.41, 5.74) is 0.742. The fourth-order valence-corrected chi connectivity index (χ4v) is 2.75. The Labute approximate surface area is 137 Å². The van der Waals surface area contributed by atoms with E-state index in [1.807, 2.05) is 0 Å². The number of hydrogen-bond acceptors (Lipinski definition) is 2. The van der Waals surface area contributed by atoms with Crippen molar-refractivity contribution in [1.29, 1.82) is 0 Å². The smallest absolute Gasteiger partial charge is 0.128 e. The Morgan fingerprint density at radius 2 is 1.95 bits per heavy atom. The third kappa shape index (κ3) is 5.05. The molecule has 1 saturated heterocycles. The fourth-order valence-electron chi connectivity index (χ4n) is 2.57. The summed E-state index contributed by atoms with van der Waals surface area (Å²) < 4.78 is 14.0. The number of nitrogens with zero attached hydrogens (tertiary/aromatic N) is 1. The van der Waals surface area contributed by atoms with Gasteiger partial charge in [-0.05, 0) is 24.6 Å². The van der Waals surface area contributed by atoms with Gasteiger partial charge in [0.15, 0.2) is 0 Å². The predicted molar refractivity (Wildman–Crippen MR) is 88.0 cm³/mol. The van der Waals surface area contributed by atoms with Gasteiger partial charge in [0, 0.05) is 42.8 Å². The molecular weight excluding hydrogens is 322 g/mol. The van der Waals surface area contributed by atoms with Gasteiger partial charge < -0.3 is 5.32 Å². The minimum Gasteiger partial charge on any atom is -0.314 e. The molecule has 1 N–H and O–H groups in total. The molecule has 116 valence electrons. The molecule has 1 fully saturated rings. The van der Waals surface area contributed by atoms with Gasteiger partial charge in [-0.25, -0.2) is 4.39 Å². The highest BCUT2D eigenvalue weighted by molar-refractivity contribution is 6.30. The van der Waals surface area contributed by atoms with Crippen molar-refractivity contribution in [2.24, 2.45) is 0 Å². The predicted octanol–water partition coefficient (Wildman–Crippen LogP) is 4.07. The molecule has 0 aromatic heterocycles. The van der Waals surface area contributed by atoms with Crippen molar-refractivity contribution < 1.29 is 4.39 Å². The Bertz CT molecular complexity index is 398. The minimum absolute atomic E-state index is 0. The summed E-state index contributed by atoms with van der Waals surface area (Å²) >= 11 is 6.00. The van der Waals surface area contributed by atoms with Gasteiger partial charge in [0.05, 0.1) is 0 Å². The lowest BCUT2D eigenvalue weighted by atomic mass is 9.99. The molecule has 2 rings (SSSR count). The van der Waals surface area contributed by atoms with E-state index in [-0.39, 0.29) is 36.7 Å². The molecular formula is C14H22Cl3FN2. The summed E-state index contributed by atoms with van der Waals surface area (Å²) in [7, 11) is 0. The Kier molecular flexibility index (Phi) is 9.77. The maximum absolute atomic E-state index is 14.0. The van der Waals surface area contributed by atoms with Crippen LogP contribution in [0.4, 0.5) is 4.39 Å². The minimum atomic E-state index is -0.142. The molecule has 0 spiro atoms. The maximum Gasteiger partial charge on any atom is 0.128 e. The van der Waals surface area contributed by atoms with Crippen LogP contribution in [0.25, 0.3) is 0 Å². The van der Waals surface area contributed by atoms with Gasteiger partial charge in [-0.3, -0.25) is 4.90 Å². The van der Waals surface area contributed by atoms with Crippen molar-refractivity contribution in [2.45, 2.75) is 25.8 Å². The second-order valence-electron chi connectivity index (χ2n) is 4.76. The lowest BCUT2D eigenvalue weighted by molar-refractivity contribution is 0.161. The molecule has 0 radical (unpaired) electrons. The lowest BCUT2D eigenvalue weighted by Crippen LogP contribution is -2.45. The summed E-state index contributed by atoms with van der Waals surface area (Å²) in [4.78, 5) is 2.36. The molecule has 1 atom stereocenters. The average Bonchev–Trinajstić information content (AvgIpc) is 2.40. The van der Waals surface area contributed by atoms with Crippen molar-refractivity contribution in [3.8, 4) is 0 Å². The summed E-state index contributed by atoms with van der Waals surface area (Å²) in [6.07, 6.45) is 2.01. The van der Waals surface area contributed by atoms with Crippen molar-refractivity contribution in [3.63, 3.8) is 0 Å². The second kappa shape index (κ2) is 9.80. The molecule has 0 unspecified atom stereocenters. The highest BCUT2D eigenvalue weighted by atomic mass is 35.5. The number of nitrogens with one attached hydrogen (secondary N) is 1. The third-order valence-corrected chi connectivity index (χ3v) is 3.71. The Balaban J connectivity index is 0.00000180. The Hall–Kier alpha value is -0.0600. The molecule has 6 heteroatoms. The summed E-state index contributed by atoms with van der Waals surface area (Å²) in [6, 6.07) is 5.01. The molecule has 0 saturated carbocycles. The molecule has 20 heavy (non-hydrogen) atoms. The molecule has 1 heterocycles. The number of piperazine rings is 1. The van der Waals surface area contributed by atoms with E-state index in [1.54, 1.807) is 12.1 Å². The molecule has 1 aromatic rings. The molecule has 2 nitrogen and oxygen atoms in total. The van der Waals surface area contributed by atoms with Crippen LogP contribution in [0.1, 0.15) is 31.4 Å². The zero-order valence-electron chi connectivity index (χ0n) is 11.6. The van der Waals surface area contributed by atoms with E-state index in [1.165, 1.54) is 6.07 Å². The Morgan fingerprint density at radius 3 is 2.55 bits per heavy atom. The molecule has 0 bridgehead atoms. The molecule has 1 aromatic carbocycles. The summed E-state index contributed by atoms with van der Waals surface area (Å²) in [6.45, 7) is 6.02. The standard InChI is InChI=1S/C14H20ClFN2.2ClH/c1-2-3-14(18-8-6-17-7-9-18)12-10-11(15)4-5-13(12)16;;/h4-5,10,14,17H,2-3,6-9H2,1H3;2*1H/t14-;;/m0../s1.